The Morgan fingerprint density at radius 2 is 1.83 bits per heavy atom. The van der Waals surface area contributed by atoms with E-state index in [1.165, 1.54) is 13.1 Å². The van der Waals surface area contributed by atoms with Crippen LogP contribution < -0.4 is 10.5 Å². The molecule has 1 heterocycles. The maximum absolute atomic E-state index is 14.4. The molecule has 0 amide bonds. The van der Waals surface area contributed by atoms with Crippen molar-refractivity contribution in [1.29, 1.82) is 0 Å². The van der Waals surface area contributed by atoms with E-state index in [2.05, 4.69) is 5.73 Å². The maximum atomic E-state index is 14.4. The average Bonchev–Trinajstić information content (AvgIpc) is 3.18. The standard InChI is InChI=1S/C24H22FNO5.C2H6.CH5N/c1-14-22(19(28)12-27)23-20(31-13-21(29)30)10-15-6-2-4-8-17(15)24(23)26(14)11-16-7-3-5-9-18(16)25;2*1-2/h3,5,7,9-10,12H,2,4,6,8,11,13H2,1H3,(H,29,30);1-2H3;2H2,1H3. The van der Waals surface area contributed by atoms with Crippen molar-refractivity contribution in [3.8, 4) is 5.75 Å². The monoisotopic (exact) mass is 484 g/mol. The molecule has 0 aliphatic heterocycles. The summed E-state index contributed by atoms with van der Waals surface area (Å²) in [6.45, 7) is 5.32. The maximum Gasteiger partial charge on any atom is 0.341 e. The highest BCUT2D eigenvalue weighted by Gasteiger charge is 2.28. The smallest absolute Gasteiger partial charge is 0.341 e. The number of fused-ring (bicyclic) bond motifs is 3. The molecule has 188 valence electrons. The first-order valence-electron chi connectivity index (χ1n) is 11.7. The van der Waals surface area contributed by atoms with Gasteiger partial charge in [0.2, 0.25) is 5.78 Å². The van der Waals surface area contributed by atoms with Crippen molar-refractivity contribution in [2.24, 2.45) is 5.73 Å². The third-order valence-electron chi connectivity index (χ3n) is 5.86. The summed E-state index contributed by atoms with van der Waals surface area (Å²) < 4.78 is 21.9. The number of carboxylic acid groups (broad SMARTS) is 1. The number of carbonyl (C=O) groups excluding carboxylic acids is 2. The van der Waals surface area contributed by atoms with E-state index in [4.69, 9.17) is 9.84 Å². The number of ketones is 1. The van der Waals surface area contributed by atoms with Gasteiger partial charge in [-0.05, 0) is 62.9 Å². The van der Waals surface area contributed by atoms with Gasteiger partial charge in [0.25, 0.3) is 0 Å². The van der Waals surface area contributed by atoms with Crippen LogP contribution >= 0.6 is 0 Å². The van der Waals surface area contributed by atoms with Crippen LogP contribution in [0.15, 0.2) is 30.3 Å². The Morgan fingerprint density at radius 1 is 1.17 bits per heavy atom. The summed E-state index contributed by atoms with van der Waals surface area (Å²) >= 11 is 0. The molecule has 0 unspecified atom stereocenters. The number of aliphatic carboxylic acids is 1. The summed E-state index contributed by atoms with van der Waals surface area (Å²) in [6, 6.07) is 8.20. The second-order valence-electron chi connectivity index (χ2n) is 7.75. The van der Waals surface area contributed by atoms with E-state index in [1.807, 2.05) is 18.4 Å². The van der Waals surface area contributed by atoms with Crippen LogP contribution in [0, 0.1) is 12.7 Å². The van der Waals surface area contributed by atoms with Crippen LogP contribution in [0.5, 0.6) is 5.75 Å². The predicted octanol–water partition coefficient (Wildman–Crippen LogP) is 4.46. The third-order valence-corrected chi connectivity index (χ3v) is 5.86. The van der Waals surface area contributed by atoms with Gasteiger partial charge in [-0.3, -0.25) is 9.59 Å². The summed E-state index contributed by atoms with van der Waals surface area (Å²) in [5, 5.41) is 9.52. The Labute approximate surface area is 204 Å². The van der Waals surface area contributed by atoms with Crippen molar-refractivity contribution in [3.05, 3.63) is 64.1 Å². The van der Waals surface area contributed by atoms with Crippen LogP contribution in [-0.2, 0) is 29.0 Å². The minimum Gasteiger partial charge on any atom is -0.481 e. The van der Waals surface area contributed by atoms with Crippen LogP contribution in [0.2, 0.25) is 0 Å². The summed E-state index contributed by atoms with van der Waals surface area (Å²) in [5.41, 5.74) is 8.42. The molecule has 1 aromatic heterocycles. The van der Waals surface area contributed by atoms with E-state index in [9.17, 15) is 18.8 Å². The SMILES string of the molecule is CC.CN.Cc1c(C(=O)C=O)c2c(OCC(=O)O)cc3c(c2n1Cc1ccccc1F)CCCC3. The molecule has 8 heteroatoms. The molecule has 0 atom stereocenters. The van der Waals surface area contributed by atoms with Crippen LogP contribution in [0.25, 0.3) is 10.9 Å². The Balaban J connectivity index is 0.00000103. The minimum absolute atomic E-state index is 0.176. The third kappa shape index (κ3) is 5.77. The van der Waals surface area contributed by atoms with Crippen LogP contribution in [0.4, 0.5) is 4.39 Å². The van der Waals surface area contributed by atoms with Gasteiger partial charge in [0.05, 0.1) is 23.0 Å². The van der Waals surface area contributed by atoms with E-state index < -0.39 is 18.4 Å². The predicted molar refractivity (Wildman–Crippen MR) is 134 cm³/mol. The van der Waals surface area contributed by atoms with Crippen molar-refractivity contribution in [3.63, 3.8) is 0 Å². The first-order valence-corrected chi connectivity index (χ1v) is 11.7. The lowest BCUT2D eigenvalue weighted by atomic mass is 9.89. The quantitative estimate of drug-likeness (QED) is 0.291. The van der Waals surface area contributed by atoms with Crippen LogP contribution in [0.3, 0.4) is 0 Å². The topological polar surface area (TPSA) is 112 Å². The number of benzene rings is 2. The molecular formula is C27H33FN2O5. The molecular weight excluding hydrogens is 451 g/mol. The van der Waals surface area contributed by atoms with Gasteiger partial charge in [0, 0.05) is 11.3 Å². The molecule has 0 spiro atoms. The van der Waals surface area contributed by atoms with Crippen molar-refractivity contribution >= 4 is 28.9 Å². The van der Waals surface area contributed by atoms with Crippen molar-refractivity contribution < 1.29 is 28.6 Å². The molecule has 0 radical (unpaired) electrons. The Bertz CT molecular complexity index is 1220. The van der Waals surface area contributed by atoms with E-state index in [0.29, 0.717) is 22.2 Å². The van der Waals surface area contributed by atoms with Crippen LogP contribution in [0.1, 0.15) is 59.4 Å². The largest absolute Gasteiger partial charge is 0.481 e. The molecule has 0 fully saturated rings. The molecule has 7 nitrogen and oxygen atoms in total. The zero-order valence-corrected chi connectivity index (χ0v) is 20.7. The molecule has 0 saturated heterocycles. The molecule has 35 heavy (non-hydrogen) atoms. The number of halogens is 1. The van der Waals surface area contributed by atoms with Gasteiger partial charge in [0.15, 0.2) is 12.9 Å². The van der Waals surface area contributed by atoms with Gasteiger partial charge < -0.3 is 20.1 Å². The Morgan fingerprint density at radius 3 is 2.46 bits per heavy atom. The van der Waals surface area contributed by atoms with E-state index in [-0.39, 0.29) is 30.0 Å². The molecule has 1 aliphatic rings. The Kier molecular flexibility index (Phi) is 10.1. The fourth-order valence-corrected chi connectivity index (χ4v) is 4.49. The number of Topliss-reactive ketones (excluding diaryl/α,β-unsaturated/α-hetero) is 1. The van der Waals surface area contributed by atoms with Crippen molar-refractivity contribution in [2.75, 3.05) is 13.7 Å². The van der Waals surface area contributed by atoms with Gasteiger partial charge in [-0.15, -0.1) is 0 Å². The molecule has 0 bridgehead atoms. The summed E-state index contributed by atoms with van der Waals surface area (Å²) in [4.78, 5) is 35.2. The molecule has 0 saturated carbocycles. The second kappa shape index (κ2) is 12.8. The first-order chi connectivity index (χ1) is 16.9. The lowest BCUT2D eigenvalue weighted by Gasteiger charge is -2.21. The zero-order valence-electron chi connectivity index (χ0n) is 20.7. The first kappa shape index (κ1) is 27.7. The number of nitrogens with two attached hydrogens (primary N) is 1. The normalized spacial score (nSPS) is 11.9. The minimum atomic E-state index is -1.14. The van der Waals surface area contributed by atoms with Gasteiger partial charge >= 0.3 is 5.97 Å². The number of aryl methyl sites for hydroxylation is 2. The van der Waals surface area contributed by atoms with E-state index >= 15 is 0 Å². The van der Waals surface area contributed by atoms with Gasteiger partial charge in [0.1, 0.15) is 11.6 Å². The zero-order chi connectivity index (χ0) is 26.1. The molecule has 4 rings (SSSR count). The number of aldehydes is 1. The van der Waals surface area contributed by atoms with E-state index in [0.717, 1.165) is 36.8 Å². The highest BCUT2D eigenvalue weighted by molar-refractivity contribution is 6.37. The highest BCUT2D eigenvalue weighted by Crippen LogP contribution is 2.41. The number of hydrogen-bond acceptors (Lipinski definition) is 5. The molecule has 3 N–H and O–H groups in total. The van der Waals surface area contributed by atoms with E-state index in [1.54, 1.807) is 31.2 Å². The second-order valence-corrected chi connectivity index (χ2v) is 7.75. The highest BCUT2D eigenvalue weighted by atomic mass is 19.1. The summed E-state index contributed by atoms with van der Waals surface area (Å²) in [7, 11) is 1.50. The number of aromatic nitrogens is 1. The summed E-state index contributed by atoms with van der Waals surface area (Å²) in [6.07, 6.45) is 3.79. The fraction of sp³-hybridized carbons (Fsp3) is 0.370. The number of carboxylic acids is 1. The van der Waals surface area contributed by atoms with Gasteiger partial charge in [-0.25, -0.2) is 9.18 Å². The van der Waals surface area contributed by atoms with Gasteiger partial charge in [-0.1, -0.05) is 32.0 Å². The number of nitrogens with zero attached hydrogens (tertiary/aromatic N) is 1. The van der Waals surface area contributed by atoms with Crippen LogP contribution in [-0.4, -0.2) is 41.4 Å². The van der Waals surface area contributed by atoms with Crippen molar-refractivity contribution in [2.45, 2.75) is 53.0 Å². The number of rotatable bonds is 7. The summed E-state index contributed by atoms with van der Waals surface area (Å²) in [5.74, 6) is -1.96. The lowest BCUT2D eigenvalue weighted by Crippen LogP contribution is -2.12. The number of ether oxygens (including phenoxy) is 1. The molecule has 3 aromatic rings. The molecule has 1 aliphatic carbocycles. The van der Waals surface area contributed by atoms with Crippen molar-refractivity contribution in [1.82, 2.24) is 4.57 Å². The lowest BCUT2D eigenvalue weighted by molar-refractivity contribution is -0.139. The fourth-order valence-electron chi connectivity index (χ4n) is 4.49. The van der Waals surface area contributed by atoms with Gasteiger partial charge in [-0.2, -0.15) is 0 Å². The molecule has 2 aromatic carbocycles. The Hall–Kier alpha value is -3.52. The number of hydrogen-bond donors (Lipinski definition) is 2. The number of carbonyl (C=O) groups is 3. The average molecular weight is 485 g/mol.